The number of halogens is 1. The van der Waals surface area contributed by atoms with Crippen LogP contribution in [0.25, 0.3) is 0 Å². The van der Waals surface area contributed by atoms with Gasteiger partial charge in [0.15, 0.2) is 0 Å². The number of para-hydroxylation sites is 2. The molecule has 3 amide bonds. The Kier molecular flexibility index (Phi) is 11.0. The van der Waals surface area contributed by atoms with Gasteiger partial charge < -0.3 is 30.5 Å². The van der Waals surface area contributed by atoms with Gasteiger partial charge in [-0.15, -0.1) is 0 Å². The molecular formula is C32H38ClN3O6. The van der Waals surface area contributed by atoms with Crippen LogP contribution in [0.5, 0.6) is 5.75 Å². The third-order valence-electron chi connectivity index (χ3n) is 6.49. The van der Waals surface area contributed by atoms with Gasteiger partial charge in [0, 0.05) is 18.5 Å². The number of phenolic OH excluding ortho intramolecular Hbond substituents is 1. The molecule has 2 unspecified atom stereocenters. The molecule has 10 heteroatoms. The van der Waals surface area contributed by atoms with Crippen molar-refractivity contribution in [2.75, 3.05) is 18.5 Å². The smallest absolute Gasteiger partial charge is 0.408 e. The average Bonchev–Trinajstić information content (AvgIpc) is 2.91. The van der Waals surface area contributed by atoms with Gasteiger partial charge in [0.25, 0.3) is 5.91 Å². The second-order valence-corrected chi connectivity index (χ2v) is 11.4. The van der Waals surface area contributed by atoms with Gasteiger partial charge in [0.05, 0.1) is 17.3 Å². The summed E-state index contributed by atoms with van der Waals surface area (Å²) in [7, 11) is 0. The van der Waals surface area contributed by atoms with Crippen LogP contribution in [-0.2, 0) is 20.7 Å². The summed E-state index contributed by atoms with van der Waals surface area (Å²) in [5.74, 6) is -1.50. The van der Waals surface area contributed by atoms with Gasteiger partial charge in [-0.05, 0) is 57.4 Å². The Bertz CT molecular complexity index is 1390. The molecule has 42 heavy (non-hydrogen) atoms. The minimum absolute atomic E-state index is 0.0819. The number of aromatic hydroxyl groups is 1. The topological polar surface area (TPSA) is 128 Å². The lowest BCUT2D eigenvalue weighted by atomic mass is 9.98. The first-order valence-corrected chi connectivity index (χ1v) is 14.0. The minimum Gasteiger partial charge on any atom is -0.507 e. The van der Waals surface area contributed by atoms with Crippen LogP contribution in [0.4, 0.5) is 10.5 Å². The van der Waals surface area contributed by atoms with Gasteiger partial charge >= 0.3 is 6.09 Å². The van der Waals surface area contributed by atoms with Crippen molar-refractivity contribution < 1.29 is 29.3 Å². The van der Waals surface area contributed by atoms with Crippen molar-refractivity contribution in [1.82, 2.24) is 10.2 Å². The molecule has 0 heterocycles. The van der Waals surface area contributed by atoms with Gasteiger partial charge in [0.1, 0.15) is 23.4 Å². The van der Waals surface area contributed by atoms with Gasteiger partial charge in [-0.25, -0.2) is 4.79 Å². The SMILES string of the molecule is Cc1cccc(C(C(=O)Nc2c(C)cccc2Cl)N(CCO)C(=O)C(Cc2ccccc2)NC(=O)OC(C)(C)C)c1O. The van der Waals surface area contributed by atoms with Crippen LogP contribution in [-0.4, -0.2) is 57.8 Å². The summed E-state index contributed by atoms with van der Waals surface area (Å²) in [5.41, 5.74) is 1.61. The number of nitrogens with one attached hydrogen (secondary N) is 2. The fourth-order valence-electron chi connectivity index (χ4n) is 4.51. The molecule has 0 aliphatic rings. The first kappa shape index (κ1) is 32.4. The van der Waals surface area contributed by atoms with Crippen LogP contribution in [0.15, 0.2) is 66.7 Å². The molecule has 0 bridgehead atoms. The summed E-state index contributed by atoms with van der Waals surface area (Å²) in [6, 6.07) is 16.5. The number of carbonyl (C=O) groups excluding carboxylic acids is 3. The lowest BCUT2D eigenvalue weighted by Gasteiger charge is -2.34. The molecule has 0 fully saturated rings. The number of alkyl carbamates (subject to hydrolysis) is 1. The second kappa shape index (κ2) is 14.2. The average molecular weight is 596 g/mol. The number of aliphatic hydroxyl groups is 1. The summed E-state index contributed by atoms with van der Waals surface area (Å²) in [4.78, 5) is 42.3. The highest BCUT2D eigenvalue weighted by atomic mass is 35.5. The number of benzene rings is 3. The number of anilines is 1. The molecule has 9 nitrogen and oxygen atoms in total. The summed E-state index contributed by atoms with van der Waals surface area (Å²) in [6.45, 7) is 7.80. The number of hydrogen-bond donors (Lipinski definition) is 4. The molecule has 0 saturated carbocycles. The molecule has 3 aromatic carbocycles. The Hall–Kier alpha value is -4.08. The van der Waals surface area contributed by atoms with Crippen molar-refractivity contribution in [2.45, 2.75) is 58.7 Å². The number of rotatable bonds is 10. The predicted octanol–water partition coefficient (Wildman–Crippen LogP) is 5.30. The maximum atomic E-state index is 14.3. The van der Waals surface area contributed by atoms with Crippen molar-refractivity contribution in [1.29, 1.82) is 0 Å². The van der Waals surface area contributed by atoms with E-state index in [4.69, 9.17) is 16.3 Å². The van der Waals surface area contributed by atoms with E-state index in [0.717, 1.165) is 10.5 Å². The number of carbonyl (C=O) groups is 3. The van der Waals surface area contributed by atoms with Crippen LogP contribution in [0.2, 0.25) is 5.02 Å². The summed E-state index contributed by atoms with van der Waals surface area (Å²) >= 11 is 6.39. The number of nitrogens with zero attached hydrogens (tertiary/aromatic N) is 1. The molecule has 3 rings (SSSR count). The van der Waals surface area contributed by atoms with Gasteiger partial charge in [-0.2, -0.15) is 0 Å². The van der Waals surface area contributed by atoms with E-state index in [1.165, 1.54) is 6.07 Å². The van der Waals surface area contributed by atoms with E-state index >= 15 is 0 Å². The molecule has 224 valence electrons. The molecule has 0 aromatic heterocycles. The lowest BCUT2D eigenvalue weighted by molar-refractivity contribution is -0.141. The standard InChI is InChI=1S/C32H38ClN3O6/c1-20-11-10-16-24(33)26(20)35-29(39)27(23-15-9-12-21(2)28(23)38)36(17-18-37)30(40)25(19-22-13-7-6-8-14-22)34-31(41)42-32(3,4)5/h6-16,25,27,37-38H,17-19H2,1-5H3,(H,34,41)(H,35,39). The van der Waals surface area contributed by atoms with E-state index in [9.17, 15) is 24.6 Å². The van der Waals surface area contributed by atoms with Gasteiger partial charge in [0.2, 0.25) is 5.91 Å². The monoisotopic (exact) mass is 595 g/mol. The zero-order chi connectivity index (χ0) is 31.0. The van der Waals surface area contributed by atoms with E-state index in [1.54, 1.807) is 65.0 Å². The normalized spacial score (nSPS) is 12.6. The second-order valence-electron chi connectivity index (χ2n) is 11.0. The maximum absolute atomic E-state index is 14.3. The molecular weight excluding hydrogens is 558 g/mol. The fourth-order valence-corrected chi connectivity index (χ4v) is 4.78. The third-order valence-corrected chi connectivity index (χ3v) is 6.80. The van der Waals surface area contributed by atoms with Crippen LogP contribution in [0, 0.1) is 13.8 Å². The summed E-state index contributed by atoms with van der Waals surface area (Å²) in [6.07, 6.45) is -0.731. The van der Waals surface area contributed by atoms with Crippen molar-refractivity contribution in [2.24, 2.45) is 0 Å². The largest absolute Gasteiger partial charge is 0.507 e. The van der Waals surface area contributed by atoms with E-state index in [1.807, 2.05) is 30.3 Å². The lowest BCUT2D eigenvalue weighted by Crippen LogP contribution is -2.54. The number of aryl methyl sites for hydroxylation is 2. The van der Waals surface area contributed by atoms with Crippen molar-refractivity contribution >= 4 is 35.2 Å². The fraction of sp³-hybridized carbons (Fsp3) is 0.344. The number of amides is 3. The van der Waals surface area contributed by atoms with Crippen molar-refractivity contribution in [3.05, 3.63) is 94.0 Å². The van der Waals surface area contributed by atoms with Crippen LogP contribution in [0.3, 0.4) is 0 Å². The number of hydrogen-bond acceptors (Lipinski definition) is 6. The Morgan fingerprint density at radius 1 is 0.952 bits per heavy atom. The van der Waals surface area contributed by atoms with Crippen LogP contribution in [0.1, 0.15) is 49.1 Å². The molecule has 2 atom stereocenters. The molecule has 0 saturated heterocycles. The number of ether oxygens (including phenoxy) is 1. The van der Waals surface area contributed by atoms with Crippen molar-refractivity contribution in [3.63, 3.8) is 0 Å². The first-order chi connectivity index (χ1) is 19.8. The Morgan fingerprint density at radius 3 is 2.21 bits per heavy atom. The molecule has 0 aliphatic heterocycles. The quantitative estimate of drug-likeness (QED) is 0.252. The number of aliphatic hydroxyl groups excluding tert-OH is 1. The summed E-state index contributed by atoms with van der Waals surface area (Å²) < 4.78 is 5.42. The van der Waals surface area contributed by atoms with E-state index < -0.39 is 42.2 Å². The van der Waals surface area contributed by atoms with E-state index in [-0.39, 0.29) is 24.3 Å². The number of phenols is 1. The molecule has 4 N–H and O–H groups in total. The Labute approximate surface area is 251 Å². The van der Waals surface area contributed by atoms with Gasteiger partial charge in [-0.1, -0.05) is 72.3 Å². The highest BCUT2D eigenvalue weighted by molar-refractivity contribution is 6.34. The summed E-state index contributed by atoms with van der Waals surface area (Å²) in [5, 5.41) is 26.8. The van der Waals surface area contributed by atoms with Crippen molar-refractivity contribution in [3.8, 4) is 5.75 Å². The zero-order valence-electron chi connectivity index (χ0n) is 24.5. The highest BCUT2D eigenvalue weighted by Gasteiger charge is 2.38. The zero-order valence-corrected chi connectivity index (χ0v) is 25.2. The van der Waals surface area contributed by atoms with E-state index in [2.05, 4.69) is 10.6 Å². The Morgan fingerprint density at radius 2 is 1.60 bits per heavy atom. The predicted molar refractivity (Wildman–Crippen MR) is 163 cm³/mol. The highest BCUT2D eigenvalue weighted by Crippen LogP contribution is 2.34. The minimum atomic E-state index is -1.39. The van der Waals surface area contributed by atoms with E-state index in [0.29, 0.717) is 21.8 Å². The Balaban J connectivity index is 2.10. The molecule has 0 aliphatic carbocycles. The molecule has 0 radical (unpaired) electrons. The van der Waals surface area contributed by atoms with Crippen LogP contribution >= 0.6 is 11.6 Å². The van der Waals surface area contributed by atoms with Crippen LogP contribution < -0.4 is 10.6 Å². The maximum Gasteiger partial charge on any atom is 0.408 e. The molecule has 0 spiro atoms. The van der Waals surface area contributed by atoms with Gasteiger partial charge in [-0.3, -0.25) is 9.59 Å². The third kappa shape index (κ3) is 8.47. The first-order valence-electron chi connectivity index (χ1n) is 13.6. The molecule has 3 aromatic rings.